The normalized spacial score (nSPS) is 18.6. The fraction of sp³-hybridized carbons (Fsp3) is 0.889. The van der Waals surface area contributed by atoms with Gasteiger partial charge in [-0.3, -0.25) is 0 Å². The molecule has 0 saturated heterocycles. The van der Waals surface area contributed by atoms with Gasteiger partial charge in [0.1, 0.15) is 0 Å². The van der Waals surface area contributed by atoms with Gasteiger partial charge in [0.15, 0.2) is 0 Å². The smallest absolute Gasteiger partial charge is 0.422 e. The molecule has 1 rings (SSSR count). The standard InChI is InChI=1S/C9H18N2O5S/c1-7(2)16-8(13)10-17(14,15)11-9(6-12)4-3-5-9/h7,11-12H,3-6H2,1-2H3,(H,10,13). The number of carbonyl (C=O) groups is 1. The molecule has 17 heavy (non-hydrogen) atoms. The van der Waals surface area contributed by atoms with Gasteiger partial charge >= 0.3 is 16.3 Å². The number of aliphatic hydroxyl groups is 1. The summed E-state index contributed by atoms with van der Waals surface area (Å²) < 4.78 is 31.8. The molecule has 0 spiro atoms. The predicted octanol–water partition coefficient (Wildman–Crippen LogP) is -0.130. The largest absolute Gasteiger partial charge is 0.446 e. The van der Waals surface area contributed by atoms with Gasteiger partial charge in [-0.2, -0.15) is 13.1 Å². The lowest BCUT2D eigenvalue weighted by atomic mass is 9.78. The lowest BCUT2D eigenvalue weighted by Crippen LogP contribution is -2.59. The van der Waals surface area contributed by atoms with Crippen molar-refractivity contribution in [1.82, 2.24) is 9.44 Å². The lowest BCUT2D eigenvalue weighted by molar-refractivity contribution is 0.108. The van der Waals surface area contributed by atoms with Crippen LogP contribution in [0.3, 0.4) is 0 Å². The van der Waals surface area contributed by atoms with E-state index < -0.39 is 27.9 Å². The van der Waals surface area contributed by atoms with Gasteiger partial charge in [-0.15, -0.1) is 0 Å². The van der Waals surface area contributed by atoms with Gasteiger partial charge in [0.05, 0.1) is 18.2 Å². The van der Waals surface area contributed by atoms with Crippen LogP contribution in [-0.4, -0.2) is 37.9 Å². The highest BCUT2D eigenvalue weighted by molar-refractivity contribution is 7.88. The van der Waals surface area contributed by atoms with E-state index in [4.69, 9.17) is 5.11 Å². The fourth-order valence-corrected chi connectivity index (χ4v) is 2.71. The Bertz CT molecular complexity index is 369. The first-order valence-corrected chi connectivity index (χ1v) is 6.90. The molecule has 1 aliphatic carbocycles. The Hall–Kier alpha value is -0.860. The van der Waals surface area contributed by atoms with E-state index in [0.29, 0.717) is 12.8 Å². The quantitative estimate of drug-likeness (QED) is 0.643. The van der Waals surface area contributed by atoms with Crippen molar-refractivity contribution >= 4 is 16.3 Å². The van der Waals surface area contributed by atoms with E-state index in [1.165, 1.54) is 0 Å². The first-order chi connectivity index (χ1) is 7.79. The number of ether oxygens (including phenoxy) is 1. The van der Waals surface area contributed by atoms with Gasteiger partial charge in [0, 0.05) is 0 Å². The molecular weight excluding hydrogens is 248 g/mol. The van der Waals surface area contributed by atoms with Crippen molar-refractivity contribution in [3.05, 3.63) is 0 Å². The molecule has 0 atom stereocenters. The van der Waals surface area contributed by atoms with Gasteiger partial charge in [-0.05, 0) is 33.1 Å². The van der Waals surface area contributed by atoms with Crippen molar-refractivity contribution in [3.63, 3.8) is 0 Å². The van der Waals surface area contributed by atoms with Crippen LogP contribution >= 0.6 is 0 Å². The van der Waals surface area contributed by atoms with Crippen LogP contribution in [0.4, 0.5) is 4.79 Å². The summed E-state index contributed by atoms with van der Waals surface area (Å²) >= 11 is 0. The number of aliphatic hydroxyl groups excluding tert-OH is 1. The molecule has 1 saturated carbocycles. The second-order valence-electron chi connectivity index (χ2n) is 4.45. The van der Waals surface area contributed by atoms with Gasteiger partial charge in [-0.1, -0.05) is 0 Å². The maximum absolute atomic E-state index is 11.6. The zero-order valence-corrected chi connectivity index (χ0v) is 10.7. The summed E-state index contributed by atoms with van der Waals surface area (Å²) in [5, 5.41) is 9.11. The molecule has 7 nitrogen and oxygen atoms in total. The van der Waals surface area contributed by atoms with Gasteiger partial charge in [0.25, 0.3) is 0 Å². The highest BCUT2D eigenvalue weighted by Crippen LogP contribution is 2.31. The second kappa shape index (κ2) is 5.19. The van der Waals surface area contributed by atoms with Crippen LogP contribution < -0.4 is 9.44 Å². The van der Waals surface area contributed by atoms with Gasteiger partial charge < -0.3 is 9.84 Å². The summed E-state index contributed by atoms with van der Waals surface area (Å²) in [6, 6.07) is 0. The van der Waals surface area contributed by atoms with Crippen LogP contribution in [0.2, 0.25) is 0 Å². The van der Waals surface area contributed by atoms with E-state index in [9.17, 15) is 13.2 Å². The average Bonchev–Trinajstić information content (AvgIpc) is 2.08. The van der Waals surface area contributed by atoms with E-state index in [-0.39, 0.29) is 6.61 Å². The predicted molar refractivity (Wildman–Crippen MR) is 60.5 cm³/mol. The Morgan fingerprint density at radius 1 is 1.47 bits per heavy atom. The van der Waals surface area contributed by atoms with Crippen molar-refractivity contribution in [2.75, 3.05) is 6.61 Å². The lowest BCUT2D eigenvalue weighted by Gasteiger charge is -2.40. The first-order valence-electron chi connectivity index (χ1n) is 5.42. The Balaban J connectivity index is 2.54. The summed E-state index contributed by atoms with van der Waals surface area (Å²) in [7, 11) is -3.99. The Morgan fingerprint density at radius 3 is 2.41 bits per heavy atom. The number of amides is 1. The maximum atomic E-state index is 11.6. The SMILES string of the molecule is CC(C)OC(=O)NS(=O)(=O)NC1(CO)CCC1. The third kappa shape index (κ3) is 4.14. The van der Waals surface area contributed by atoms with E-state index in [0.717, 1.165) is 6.42 Å². The van der Waals surface area contributed by atoms with Crippen LogP contribution in [-0.2, 0) is 14.9 Å². The molecule has 0 aliphatic heterocycles. The number of hydrogen-bond donors (Lipinski definition) is 3. The number of nitrogens with one attached hydrogen (secondary N) is 2. The molecule has 1 amide bonds. The highest BCUT2D eigenvalue weighted by Gasteiger charge is 2.40. The topological polar surface area (TPSA) is 105 Å². The molecule has 0 aromatic rings. The summed E-state index contributed by atoms with van der Waals surface area (Å²) in [4.78, 5) is 11.1. The molecule has 0 aromatic heterocycles. The van der Waals surface area contributed by atoms with Crippen LogP contribution in [0.1, 0.15) is 33.1 Å². The Morgan fingerprint density at radius 2 is 2.06 bits per heavy atom. The van der Waals surface area contributed by atoms with Gasteiger partial charge in [-0.25, -0.2) is 9.52 Å². The summed E-state index contributed by atoms with van der Waals surface area (Å²) in [5.41, 5.74) is -0.829. The number of hydrogen-bond acceptors (Lipinski definition) is 5. The fourth-order valence-electron chi connectivity index (χ4n) is 1.55. The van der Waals surface area contributed by atoms with Crippen molar-refractivity contribution in [2.24, 2.45) is 0 Å². The van der Waals surface area contributed by atoms with E-state index in [1.54, 1.807) is 18.6 Å². The molecule has 0 unspecified atom stereocenters. The third-order valence-corrected chi connectivity index (χ3v) is 3.66. The molecule has 3 N–H and O–H groups in total. The Kier molecular flexibility index (Phi) is 4.34. The Labute approximate surface area is 101 Å². The molecule has 100 valence electrons. The molecule has 0 radical (unpaired) electrons. The molecule has 1 aliphatic rings. The van der Waals surface area contributed by atoms with Crippen LogP contribution in [0.25, 0.3) is 0 Å². The third-order valence-electron chi connectivity index (χ3n) is 2.52. The first kappa shape index (κ1) is 14.2. The van der Waals surface area contributed by atoms with E-state index in [2.05, 4.69) is 9.46 Å². The van der Waals surface area contributed by atoms with E-state index >= 15 is 0 Å². The molecular formula is C9H18N2O5S. The molecule has 0 aromatic carbocycles. The second-order valence-corrected chi connectivity index (χ2v) is 5.87. The summed E-state index contributed by atoms with van der Waals surface area (Å²) in [5.74, 6) is 0. The number of rotatable bonds is 5. The van der Waals surface area contributed by atoms with Crippen LogP contribution in [0.15, 0.2) is 0 Å². The zero-order chi connectivity index (χ0) is 13.1. The van der Waals surface area contributed by atoms with Gasteiger partial charge in [0.2, 0.25) is 0 Å². The van der Waals surface area contributed by atoms with Crippen LogP contribution in [0.5, 0.6) is 0 Å². The van der Waals surface area contributed by atoms with Crippen LogP contribution in [0, 0.1) is 0 Å². The zero-order valence-electron chi connectivity index (χ0n) is 9.89. The number of carbonyl (C=O) groups excluding carboxylic acids is 1. The monoisotopic (exact) mass is 266 g/mol. The van der Waals surface area contributed by atoms with Crippen molar-refractivity contribution in [2.45, 2.75) is 44.8 Å². The highest BCUT2D eigenvalue weighted by atomic mass is 32.2. The molecule has 0 bridgehead atoms. The minimum atomic E-state index is -3.99. The summed E-state index contributed by atoms with van der Waals surface area (Å²) in [6.45, 7) is 2.94. The minimum Gasteiger partial charge on any atom is -0.446 e. The molecule has 8 heteroatoms. The molecule has 1 fully saturated rings. The average molecular weight is 266 g/mol. The minimum absolute atomic E-state index is 0.285. The maximum Gasteiger partial charge on any atom is 0.422 e. The van der Waals surface area contributed by atoms with Crippen molar-refractivity contribution in [3.8, 4) is 0 Å². The van der Waals surface area contributed by atoms with E-state index in [1.807, 2.05) is 0 Å². The molecule has 0 heterocycles. The van der Waals surface area contributed by atoms with Crippen molar-refractivity contribution < 1.29 is 23.1 Å². The van der Waals surface area contributed by atoms with Crippen molar-refractivity contribution in [1.29, 1.82) is 0 Å². The summed E-state index contributed by atoms with van der Waals surface area (Å²) in [6.07, 6.45) is 0.535.